The highest BCUT2D eigenvalue weighted by atomic mass is 19.1. The Morgan fingerprint density at radius 1 is 1.15 bits per heavy atom. The molecule has 0 amide bonds. The van der Waals surface area contributed by atoms with E-state index in [1.807, 2.05) is 0 Å². The quantitative estimate of drug-likeness (QED) is 0.845. The molecule has 0 aromatic heterocycles. The zero-order chi connectivity index (χ0) is 19.0. The number of benzene rings is 2. The molecule has 4 nitrogen and oxygen atoms in total. The van der Waals surface area contributed by atoms with Crippen LogP contribution in [0, 0.1) is 5.92 Å². The zero-order valence-electron chi connectivity index (χ0n) is 15.1. The molecule has 5 heteroatoms. The maximum absolute atomic E-state index is 13.4. The van der Waals surface area contributed by atoms with Crippen molar-refractivity contribution in [3.8, 4) is 0 Å². The molecule has 3 heterocycles. The van der Waals surface area contributed by atoms with Crippen molar-refractivity contribution in [1.29, 1.82) is 0 Å². The number of nitrogens with zero attached hydrogens (tertiary/aromatic N) is 1. The Morgan fingerprint density at radius 2 is 1.85 bits per heavy atom. The van der Waals surface area contributed by atoms with E-state index < -0.39 is 18.2 Å². The SMILES string of the molecule is O=C(O)C(O)(c1ccccc1)c1ccc(CF)cc1C1CC2CCN1CC2. The number of rotatable bonds is 5. The second-order valence-electron chi connectivity index (χ2n) is 7.67. The summed E-state index contributed by atoms with van der Waals surface area (Å²) in [5.41, 5.74) is -0.261. The molecule has 0 radical (unpaired) electrons. The van der Waals surface area contributed by atoms with Crippen LogP contribution in [0.25, 0.3) is 0 Å². The van der Waals surface area contributed by atoms with Crippen LogP contribution in [0.5, 0.6) is 0 Å². The Balaban J connectivity index is 1.88. The van der Waals surface area contributed by atoms with Gasteiger partial charge in [0.2, 0.25) is 5.60 Å². The first-order valence-corrected chi connectivity index (χ1v) is 9.48. The molecule has 27 heavy (non-hydrogen) atoms. The van der Waals surface area contributed by atoms with Crippen LogP contribution < -0.4 is 0 Å². The molecule has 2 atom stereocenters. The summed E-state index contributed by atoms with van der Waals surface area (Å²) in [6, 6.07) is 13.4. The van der Waals surface area contributed by atoms with Gasteiger partial charge in [-0.15, -0.1) is 0 Å². The van der Waals surface area contributed by atoms with E-state index in [0.717, 1.165) is 37.9 Å². The third-order valence-electron chi connectivity index (χ3n) is 6.17. The molecule has 2 aromatic rings. The van der Waals surface area contributed by atoms with Gasteiger partial charge < -0.3 is 10.2 Å². The highest BCUT2D eigenvalue weighted by Crippen LogP contribution is 2.44. The first-order valence-electron chi connectivity index (χ1n) is 9.48. The van der Waals surface area contributed by atoms with Crippen LogP contribution in [0.4, 0.5) is 4.39 Å². The molecule has 3 saturated heterocycles. The summed E-state index contributed by atoms with van der Waals surface area (Å²) in [7, 11) is 0. The van der Waals surface area contributed by atoms with E-state index in [9.17, 15) is 19.4 Å². The van der Waals surface area contributed by atoms with Gasteiger partial charge in [0.15, 0.2) is 0 Å². The number of alkyl halides is 1. The number of aliphatic hydroxyl groups is 1. The highest BCUT2D eigenvalue weighted by Gasteiger charge is 2.44. The number of hydrogen-bond acceptors (Lipinski definition) is 3. The number of carboxylic acids is 1. The van der Waals surface area contributed by atoms with E-state index >= 15 is 0 Å². The van der Waals surface area contributed by atoms with Gasteiger partial charge in [0.25, 0.3) is 0 Å². The largest absolute Gasteiger partial charge is 0.479 e. The Kier molecular flexibility index (Phi) is 4.74. The lowest BCUT2D eigenvalue weighted by Gasteiger charge is -2.47. The van der Waals surface area contributed by atoms with Crippen molar-refractivity contribution in [3.05, 3.63) is 70.8 Å². The van der Waals surface area contributed by atoms with Gasteiger partial charge in [0.1, 0.15) is 6.67 Å². The fraction of sp³-hybridized carbons (Fsp3) is 0.409. The van der Waals surface area contributed by atoms with Crippen LogP contribution in [0.3, 0.4) is 0 Å². The summed E-state index contributed by atoms with van der Waals surface area (Å²) in [5, 5.41) is 21.3. The van der Waals surface area contributed by atoms with Gasteiger partial charge in [-0.2, -0.15) is 0 Å². The summed E-state index contributed by atoms with van der Waals surface area (Å²) in [6.07, 6.45) is 3.22. The molecule has 3 aliphatic rings. The lowest BCUT2D eigenvalue weighted by atomic mass is 9.75. The molecule has 2 bridgehead atoms. The fourth-order valence-electron chi connectivity index (χ4n) is 4.66. The third-order valence-corrected chi connectivity index (χ3v) is 6.17. The lowest BCUT2D eigenvalue weighted by molar-refractivity contribution is -0.155. The van der Waals surface area contributed by atoms with Gasteiger partial charge in [0, 0.05) is 11.6 Å². The maximum Gasteiger partial charge on any atom is 0.345 e. The van der Waals surface area contributed by atoms with Gasteiger partial charge in [-0.3, -0.25) is 4.90 Å². The van der Waals surface area contributed by atoms with Crippen molar-refractivity contribution in [3.63, 3.8) is 0 Å². The van der Waals surface area contributed by atoms with Gasteiger partial charge in [-0.1, -0.05) is 48.5 Å². The molecule has 3 aliphatic heterocycles. The zero-order valence-corrected chi connectivity index (χ0v) is 15.1. The van der Waals surface area contributed by atoms with Gasteiger partial charge in [-0.05, 0) is 55.0 Å². The van der Waals surface area contributed by atoms with Gasteiger partial charge >= 0.3 is 5.97 Å². The number of carbonyl (C=O) groups is 1. The van der Waals surface area contributed by atoms with E-state index in [0.29, 0.717) is 22.6 Å². The molecule has 0 spiro atoms. The standard InChI is InChI=1S/C22H24FNO3/c23-14-16-6-7-19(22(27,21(25)26)17-4-2-1-3-5-17)18(12-16)20-13-15-8-10-24(20)11-9-15/h1-7,12,15,20,27H,8-11,13-14H2,(H,25,26). The van der Waals surface area contributed by atoms with Crippen LogP contribution in [-0.4, -0.2) is 34.2 Å². The van der Waals surface area contributed by atoms with Crippen molar-refractivity contribution < 1.29 is 19.4 Å². The first-order chi connectivity index (χ1) is 13.0. The van der Waals surface area contributed by atoms with Crippen LogP contribution in [0.1, 0.15) is 47.6 Å². The molecule has 2 aromatic carbocycles. The molecule has 2 N–H and O–H groups in total. The van der Waals surface area contributed by atoms with E-state index in [1.54, 1.807) is 48.5 Å². The Morgan fingerprint density at radius 3 is 2.41 bits per heavy atom. The number of hydrogen-bond donors (Lipinski definition) is 2. The number of fused-ring (bicyclic) bond motifs is 3. The van der Waals surface area contributed by atoms with E-state index in [-0.39, 0.29) is 6.04 Å². The van der Waals surface area contributed by atoms with E-state index in [4.69, 9.17) is 0 Å². The van der Waals surface area contributed by atoms with Crippen molar-refractivity contribution in [2.75, 3.05) is 13.1 Å². The minimum absolute atomic E-state index is 0.0218. The number of carboxylic acid groups (broad SMARTS) is 1. The maximum atomic E-state index is 13.4. The molecule has 142 valence electrons. The van der Waals surface area contributed by atoms with E-state index in [1.165, 1.54) is 0 Å². The van der Waals surface area contributed by atoms with Crippen LogP contribution >= 0.6 is 0 Å². The van der Waals surface area contributed by atoms with Gasteiger partial charge in [-0.25, -0.2) is 9.18 Å². The third kappa shape index (κ3) is 3.05. The van der Waals surface area contributed by atoms with Crippen LogP contribution in [0.2, 0.25) is 0 Å². The lowest BCUT2D eigenvalue weighted by Crippen LogP contribution is -2.45. The molecule has 3 fully saturated rings. The number of halogens is 1. The molecule has 5 rings (SSSR count). The molecular weight excluding hydrogens is 345 g/mol. The average Bonchev–Trinajstić information content (AvgIpc) is 2.74. The summed E-state index contributed by atoms with van der Waals surface area (Å²) in [6.45, 7) is 1.32. The Labute approximate surface area is 158 Å². The predicted molar refractivity (Wildman–Crippen MR) is 100.0 cm³/mol. The van der Waals surface area contributed by atoms with Crippen molar-refractivity contribution in [2.45, 2.75) is 37.6 Å². The number of piperidine rings is 3. The summed E-state index contributed by atoms with van der Waals surface area (Å²) in [4.78, 5) is 14.6. The smallest absolute Gasteiger partial charge is 0.345 e. The van der Waals surface area contributed by atoms with Crippen molar-refractivity contribution in [2.24, 2.45) is 5.92 Å². The minimum Gasteiger partial charge on any atom is -0.479 e. The summed E-state index contributed by atoms with van der Waals surface area (Å²) in [5.74, 6) is -0.713. The highest BCUT2D eigenvalue weighted by molar-refractivity contribution is 5.84. The second-order valence-corrected chi connectivity index (χ2v) is 7.67. The monoisotopic (exact) mass is 369 g/mol. The Hall–Kier alpha value is -2.24. The predicted octanol–water partition coefficient (Wildman–Crippen LogP) is 3.63. The fourth-order valence-corrected chi connectivity index (χ4v) is 4.66. The van der Waals surface area contributed by atoms with Crippen molar-refractivity contribution >= 4 is 5.97 Å². The van der Waals surface area contributed by atoms with E-state index in [2.05, 4.69) is 4.90 Å². The number of aliphatic carboxylic acids is 1. The summed E-state index contributed by atoms with van der Waals surface area (Å²) >= 11 is 0. The molecule has 0 saturated carbocycles. The first kappa shape index (κ1) is 18.1. The Bertz CT molecular complexity index is 833. The summed E-state index contributed by atoms with van der Waals surface area (Å²) < 4.78 is 13.4. The average molecular weight is 369 g/mol. The molecule has 0 aliphatic carbocycles. The normalized spacial score (nSPS) is 26.5. The van der Waals surface area contributed by atoms with Crippen LogP contribution in [-0.2, 0) is 17.1 Å². The van der Waals surface area contributed by atoms with Gasteiger partial charge in [0.05, 0.1) is 0 Å². The molecule has 2 unspecified atom stereocenters. The molecular formula is C22H24FNO3. The van der Waals surface area contributed by atoms with Crippen molar-refractivity contribution in [1.82, 2.24) is 4.90 Å². The second kappa shape index (κ2) is 7.06. The topological polar surface area (TPSA) is 60.8 Å². The minimum atomic E-state index is -2.16. The van der Waals surface area contributed by atoms with Crippen LogP contribution in [0.15, 0.2) is 48.5 Å².